The number of rotatable bonds is 5. The van der Waals surface area contributed by atoms with Gasteiger partial charge >= 0.3 is 0 Å². The van der Waals surface area contributed by atoms with Crippen molar-refractivity contribution in [3.8, 4) is 0 Å². The predicted octanol–water partition coefficient (Wildman–Crippen LogP) is 4.27. The van der Waals surface area contributed by atoms with E-state index in [2.05, 4.69) is 5.43 Å². The fourth-order valence-corrected chi connectivity index (χ4v) is 4.33. The van der Waals surface area contributed by atoms with Crippen molar-refractivity contribution in [2.24, 2.45) is 5.84 Å². The molecule has 3 N–H and O–H groups in total. The van der Waals surface area contributed by atoms with Crippen LogP contribution in [0.25, 0.3) is 11.0 Å². The molecule has 108 valence electrons. The number of hydrogen-bond acceptors (Lipinski definition) is 4. The molecule has 0 radical (unpaired) electrons. The van der Waals surface area contributed by atoms with Crippen molar-refractivity contribution in [1.29, 1.82) is 0 Å². The highest BCUT2D eigenvalue weighted by molar-refractivity contribution is 7.99. The molecule has 1 aromatic carbocycles. The Morgan fingerprint density at radius 2 is 2.20 bits per heavy atom. The van der Waals surface area contributed by atoms with Crippen molar-refractivity contribution < 1.29 is 4.42 Å². The largest absolute Gasteiger partial charge is 0.458 e. The van der Waals surface area contributed by atoms with Gasteiger partial charge in [0.15, 0.2) is 5.58 Å². The average molecular weight is 311 g/mol. The van der Waals surface area contributed by atoms with Gasteiger partial charge in [0.25, 0.3) is 0 Å². The summed E-state index contributed by atoms with van der Waals surface area (Å²) < 4.78 is 5.88. The van der Waals surface area contributed by atoms with E-state index in [9.17, 15) is 0 Å². The van der Waals surface area contributed by atoms with Crippen molar-refractivity contribution >= 4 is 34.3 Å². The number of nitrogens with two attached hydrogens (primary N) is 1. The van der Waals surface area contributed by atoms with Gasteiger partial charge in [-0.25, -0.2) is 5.43 Å². The first-order valence-corrected chi connectivity index (χ1v) is 8.46. The fourth-order valence-electron chi connectivity index (χ4n) is 2.72. The molecule has 1 unspecified atom stereocenters. The molecule has 0 spiro atoms. The summed E-state index contributed by atoms with van der Waals surface area (Å²) in [5, 5.41) is 2.45. The zero-order valence-electron chi connectivity index (χ0n) is 11.3. The molecule has 1 aliphatic rings. The van der Waals surface area contributed by atoms with Crippen LogP contribution in [0.15, 0.2) is 28.7 Å². The molecule has 3 rings (SSSR count). The average Bonchev–Trinajstić information content (AvgIpc) is 3.09. The lowest BCUT2D eigenvalue weighted by Gasteiger charge is -2.15. The van der Waals surface area contributed by atoms with Gasteiger partial charge in [-0.15, -0.1) is 0 Å². The molecule has 1 aromatic heterocycles. The van der Waals surface area contributed by atoms with Crippen LogP contribution in [0.5, 0.6) is 0 Å². The predicted molar refractivity (Wildman–Crippen MR) is 86.0 cm³/mol. The first kappa shape index (κ1) is 14.3. The van der Waals surface area contributed by atoms with Gasteiger partial charge in [-0.05, 0) is 25.0 Å². The number of thioether (sulfide) groups is 1. The van der Waals surface area contributed by atoms with Gasteiger partial charge in [-0.2, -0.15) is 11.8 Å². The molecule has 1 saturated carbocycles. The molecule has 1 aliphatic carbocycles. The Hall–Kier alpha value is -0.680. The first-order chi connectivity index (χ1) is 9.78. The summed E-state index contributed by atoms with van der Waals surface area (Å²) in [6.45, 7) is 0. The zero-order valence-corrected chi connectivity index (χ0v) is 12.8. The summed E-state index contributed by atoms with van der Waals surface area (Å²) in [6.07, 6.45) is 5.37. The van der Waals surface area contributed by atoms with Crippen LogP contribution in [-0.4, -0.2) is 11.0 Å². The van der Waals surface area contributed by atoms with E-state index in [0.717, 1.165) is 27.7 Å². The summed E-state index contributed by atoms with van der Waals surface area (Å²) in [5.74, 6) is 7.48. The van der Waals surface area contributed by atoms with Gasteiger partial charge in [-0.1, -0.05) is 36.6 Å². The van der Waals surface area contributed by atoms with Gasteiger partial charge in [0.05, 0.1) is 11.1 Å². The highest BCUT2D eigenvalue weighted by Crippen LogP contribution is 2.34. The summed E-state index contributed by atoms with van der Waals surface area (Å²) in [6, 6.07) is 7.84. The highest BCUT2D eigenvalue weighted by Gasteiger charge is 2.20. The van der Waals surface area contributed by atoms with Crippen LogP contribution in [0.2, 0.25) is 5.02 Å². The van der Waals surface area contributed by atoms with Crippen LogP contribution in [0, 0.1) is 0 Å². The number of nitrogens with one attached hydrogen (secondary N) is 1. The number of benzene rings is 1. The van der Waals surface area contributed by atoms with E-state index < -0.39 is 0 Å². The molecule has 0 aliphatic heterocycles. The minimum absolute atomic E-state index is 0.0315. The number of hydrogen-bond donors (Lipinski definition) is 2. The van der Waals surface area contributed by atoms with Crippen LogP contribution in [0.3, 0.4) is 0 Å². The molecule has 1 atom stereocenters. The summed E-state index contributed by atoms with van der Waals surface area (Å²) in [5.41, 5.74) is 3.61. The standard InChI is InChI=1S/C15H19ClN2OS/c16-12-7-3-4-10-8-14(19-15(10)12)13(18-17)9-20-11-5-1-2-6-11/h3-4,7-8,11,13,18H,1-2,5-6,9,17H2. The molecule has 0 amide bonds. The van der Waals surface area contributed by atoms with Crippen molar-refractivity contribution in [2.75, 3.05) is 5.75 Å². The topological polar surface area (TPSA) is 51.2 Å². The maximum Gasteiger partial charge on any atom is 0.152 e. The van der Waals surface area contributed by atoms with Crippen LogP contribution >= 0.6 is 23.4 Å². The first-order valence-electron chi connectivity index (χ1n) is 7.03. The molecular weight excluding hydrogens is 292 g/mol. The zero-order chi connectivity index (χ0) is 13.9. The van der Waals surface area contributed by atoms with Gasteiger partial charge in [0.2, 0.25) is 0 Å². The van der Waals surface area contributed by atoms with Gasteiger partial charge < -0.3 is 4.42 Å². The number of para-hydroxylation sites is 1. The van der Waals surface area contributed by atoms with Gasteiger partial charge in [-0.3, -0.25) is 5.84 Å². The normalized spacial score (nSPS) is 17.9. The second-order valence-electron chi connectivity index (χ2n) is 5.27. The Morgan fingerprint density at radius 1 is 1.40 bits per heavy atom. The van der Waals surface area contributed by atoms with E-state index in [1.807, 2.05) is 36.0 Å². The third-order valence-electron chi connectivity index (χ3n) is 3.86. The third-order valence-corrected chi connectivity index (χ3v) is 5.63. The summed E-state index contributed by atoms with van der Waals surface area (Å²) in [4.78, 5) is 0. The van der Waals surface area contributed by atoms with E-state index in [1.54, 1.807) is 0 Å². The number of fused-ring (bicyclic) bond motifs is 1. The molecule has 20 heavy (non-hydrogen) atoms. The lowest BCUT2D eigenvalue weighted by Crippen LogP contribution is -2.29. The molecule has 1 heterocycles. The third kappa shape index (κ3) is 2.98. The lowest BCUT2D eigenvalue weighted by atomic mass is 10.2. The van der Waals surface area contributed by atoms with Crippen molar-refractivity contribution in [3.63, 3.8) is 0 Å². The van der Waals surface area contributed by atoms with Crippen LogP contribution in [0.4, 0.5) is 0 Å². The summed E-state index contributed by atoms with van der Waals surface area (Å²) in [7, 11) is 0. The maximum atomic E-state index is 6.15. The van der Waals surface area contributed by atoms with Gasteiger partial charge in [0, 0.05) is 16.4 Å². The van der Waals surface area contributed by atoms with E-state index in [0.29, 0.717) is 5.02 Å². The Kier molecular flexibility index (Phi) is 4.56. The number of hydrazine groups is 1. The van der Waals surface area contributed by atoms with Crippen molar-refractivity contribution in [1.82, 2.24) is 5.43 Å². The second kappa shape index (κ2) is 6.39. The smallest absolute Gasteiger partial charge is 0.152 e. The van der Waals surface area contributed by atoms with Crippen LogP contribution < -0.4 is 11.3 Å². The Bertz CT molecular complexity index is 580. The molecule has 3 nitrogen and oxygen atoms in total. The van der Waals surface area contributed by atoms with Gasteiger partial charge in [0.1, 0.15) is 5.76 Å². The van der Waals surface area contributed by atoms with E-state index in [1.165, 1.54) is 25.7 Å². The molecule has 0 saturated heterocycles. The monoisotopic (exact) mass is 310 g/mol. The number of furan rings is 1. The summed E-state index contributed by atoms with van der Waals surface area (Å²) >= 11 is 8.14. The second-order valence-corrected chi connectivity index (χ2v) is 7.01. The molecule has 0 bridgehead atoms. The Labute approximate surface area is 128 Å². The maximum absolute atomic E-state index is 6.15. The number of halogens is 1. The van der Waals surface area contributed by atoms with E-state index in [-0.39, 0.29) is 6.04 Å². The minimum atomic E-state index is 0.0315. The van der Waals surface area contributed by atoms with E-state index >= 15 is 0 Å². The fraction of sp³-hybridized carbons (Fsp3) is 0.467. The van der Waals surface area contributed by atoms with Crippen LogP contribution in [-0.2, 0) is 0 Å². The quantitative estimate of drug-likeness (QED) is 0.640. The highest BCUT2D eigenvalue weighted by atomic mass is 35.5. The lowest BCUT2D eigenvalue weighted by molar-refractivity contribution is 0.463. The van der Waals surface area contributed by atoms with Crippen molar-refractivity contribution in [2.45, 2.75) is 37.0 Å². The van der Waals surface area contributed by atoms with Crippen molar-refractivity contribution in [3.05, 3.63) is 35.0 Å². The van der Waals surface area contributed by atoms with Crippen LogP contribution in [0.1, 0.15) is 37.5 Å². The SMILES string of the molecule is NNC(CSC1CCCC1)c1cc2cccc(Cl)c2o1. The molecule has 1 fully saturated rings. The minimum Gasteiger partial charge on any atom is -0.458 e. The molecule has 2 aromatic rings. The Balaban J connectivity index is 1.74. The van der Waals surface area contributed by atoms with E-state index in [4.69, 9.17) is 21.9 Å². The Morgan fingerprint density at radius 3 is 2.90 bits per heavy atom. The molecular formula is C15H19ClN2OS. The molecule has 5 heteroatoms.